The van der Waals surface area contributed by atoms with Gasteiger partial charge in [-0.15, -0.1) is 21.5 Å². The van der Waals surface area contributed by atoms with Gasteiger partial charge in [0.2, 0.25) is 11.7 Å². The molecule has 9 nitrogen and oxygen atoms in total. The quantitative estimate of drug-likeness (QED) is 0.532. The van der Waals surface area contributed by atoms with Crippen LogP contribution in [-0.4, -0.2) is 50.3 Å². The van der Waals surface area contributed by atoms with Crippen molar-refractivity contribution in [2.45, 2.75) is 46.0 Å². The fraction of sp³-hybridized carbons (Fsp3) is 0.526. The SMILES string of the molecule is CCCc1cc2c(N3CCn4c(nnc4C(F)(F)F)C3)nc(OCCNC(C)=O)nc2s1. The molecule has 0 radical (unpaired) electrons. The van der Waals surface area contributed by atoms with Gasteiger partial charge in [-0.25, -0.2) is 0 Å². The summed E-state index contributed by atoms with van der Waals surface area (Å²) in [5.74, 6) is -0.329. The molecular formula is C19H22F3N7O2S. The first-order valence-corrected chi connectivity index (χ1v) is 11.0. The molecule has 0 aliphatic carbocycles. The van der Waals surface area contributed by atoms with Gasteiger partial charge in [0, 0.05) is 24.9 Å². The molecule has 4 rings (SSSR count). The Morgan fingerprint density at radius 1 is 1.28 bits per heavy atom. The number of nitrogens with one attached hydrogen (secondary N) is 1. The number of hydrogen-bond donors (Lipinski definition) is 1. The lowest BCUT2D eigenvalue weighted by Crippen LogP contribution is -2.36. The van der Waals surface area contributed by atoms with E-state index in [1.54, 1.807) is 11.3 Å². The number of anilines is 1. The molecule has 0 unspecified atom stereocenters. The fourth-order valence-corrected chi connectivity index (χ4v) is 4.65. The minimum absolute atomic E-state index is 0.0906. The van der Waals surface area contributed by atoms with E-state index in [4.69, 9.17) is 4.74 Å². The molecule has 1 aliphatic rings. The number of carbonyl (C=O) groups is 1. The number of rotatable bonds is 7. The van der Waals surface area contributed by atoms with Gasteiger partial charge in [0.1, 0.15) is 17.3 Å². The molecule has 0 saturated heterocycles. The summed E-state index contributed by atoms with van der Waals surface area (Å²) >= 11 is 1.54. The van der Waals surface area contributed by atoms with Crippen LogP contribution in [0.1, 0.15) is 36.8 Å². The second-order valence-corrected chi connectivity index (χ2v) is 8.47. The number of halogens is 3. The molecule has 0 spiro atoms. The van der Waals surface area contributed by atoms with Crippen molar-refractivity contribution in [3.63, 3.8) is 0 Å². The van der Waals surface area contributed by atoms with Gasteiger partial charge in [0.15, 0.2) is 5.82 Å². The van der Waals surface area contributed by atoms with Gasteiger partial charge in [0.25, 0.3) is 0 Å². The van der Waals surface area contributed by atoms with Crippen LogP contribution < -0.4 is 15.0 Å². The third-order valence-electron chi connectivity index (χ3n) is 4.91. The van der Waals surface area contributed by atoms with Crippen LogP contribution in [-0.2, 0) is 30.5 Å². The highest BCUT2D eigenvalue weighted by Gasteiger charge is 2.39. The minimum Gasteiger partial charge on any atom is -0.462 e. The second kappa shape index (κ2) is 8.88. The normalized spacial score (nSPS) is 14.0. The number of carbonyl (C=O) groups excluding carboxylic acids is 1. The van der Waals surface area contributed by atoms with Gasteiger partial charge < -0.3 is 19.5 Å². The Hall–Kier alpha value is -2.96. The van der Waals surface area contributed by atoms with Crippen molar-refractivity contribution in [2.24, 2.45) is 0 Å². The number of ether oxygens (including phenoxy) is 1. The van der Waals surface area contributed by atoms with Gasteiger partial charge in [-0.3, -0.25) is 4.79 Å². The van der Waals surface area contributed by atoms with Crippen LogP contribution in [0.4, 0.5) is 19.0 Å². The Bertz CT molecular complexity index is 1130. The number of fused-ring (bicyclic) bond motifs is 2. The first-order chi connectivity index (χ1) is 15.3. The van der Waals surface area contributed by atoms with Crippen molar-refractivity contribution < 1.29 is 22.7 Å². The predicted molar refractivity (Wildman–Crippen MR) is 112 cm³/mol. The largest absolute Gasteiger partial charge is 0.462 e. The van der Waals surface area contributed by atoms with Crippen molar-refractivity contribution in [1.29, 1.82) is 0 Å². The van der Waals surface area contributed by atoms with Crippen LogP contribution in [0, 0.1) is 0 Å². The van der Waals surface area contributed by atoms with Crippen molar-refractivity contribution in [3.05, 3.63) is 22.6 Å². The molecule has 4 heterocycles. The number of alkyl halides is 3. The van der Waals surface area contributed by atoms with Crippen molar-refractivity contribution in [2.75, 3.05) is 24.6 Å². The van der Waals surface area contributed by atoms with Gasteiger partial charge in [0.05, 0.1) is 18.5 Å². The van der Waals surface area contributed by atoms with Gasteiger partial charge in [-0.1, -0.05) is 13.3 Å². The molecule has 1 aliphatic heterocycles. The number of nitrogens with zero attached hydrogens (tertiary/aromatic N) is 6. The Labute approximate surface area is 185 Å². The van der Waals surface area contributed by atoms with E-state index in [1.807, 2.05) is 11.0 Å². The molecule has 0 fully saturated rings. The zero-order valence-corrected chi connectivity index (χ0v) is 18.4. The standard InChI is InChI=1S/C19H22F3N7O2S/c1-3-4-12-9-13-15(24-18(25-16(13)32-12)31-8-5-23-11(2)30)28-6-7-29-14(10-28)26-27-17(29)19(20,21)22/h9H,3-8,10H2,1-2H3,(H,23,30). The van der Waals surface area contributed by atoms with E-state index < -0.39 is 12.0 Å². The molecule has 13 heteroatoms. The minimum atomic E-state index is -4.55. The average molecular weight is 469 g/mol. The van der Waals surface area contributed by atoms with Crippen LogP contribution >= 0.6 is 11.3 Å². The van der Waals surface area contributed by atoms with Gasteiger partial charge in [-0.05, 0) is 12.5 Å². The van der Waals surface area contributed by atoms with Crippen LogP contribution in [0.15, 0.2) is 6.07 Å². The summed E-state index contributed by atoms with van der Waals surface area (Å²) < 4.78 is 46.2. The van der Waals surface area contributed by atoms with Crippen LogP contribution in [0.5, 0.6) is 6.01 Å². The zero-order valence-electron chi connectivity index (χ0n) is 17.6. The molecule has 3 aromatic heterocycles. The van der Waals surface area contributed by atoms with E-state index in [0.717, 1.165) is 32.5 Å². The zero-order chi connectivity index (χ0) is 22.9. The summed E-state index contributed by atoms with van der Waals surface area (Å²) in [7, 11) is 0. The number of thiophene rings is 1. The molecule has 32 heavy (non-hydrogen) atoms. The van der Waals surface area contributed by atoms with E-state index in [0.29, 0.717) is 18.9 Å². The lowest BCUT2D eigenvalue weighted by molar-refractivity contribution is -0.147. The summed E-state index contributed by atoms with van der Waals surface area (Å²) in [5.41, 5.74) is 0. The highest BCUT2D eigenvalue weighted by molar-refractivity contribution is 7.18. The Balaban J connectivity index is 1.64. The Kier molecular flexibility index (Phi) is 6.17. The number of amides is 1. The number of aromatic nitrogens is 5. The van der Waals surface area contributed by atoms with E-state index in [9.17, 15) is 18.0 Å². The van der Waals surface area contributed by atoms with E-state index in [1.165, 1.54) is 6.92 Å². The second-order valence-electron chi connectivity index (χ2n) is 7.35. The van der Waals surface area contributed by atoms with Crippen molar-refractivity contribution >= 4 is 33.3 Å². The molecule has 0 aromatic carbocycles. The van der Waals surface area contributed by atoms with Gasteiger partial charge >= 0.3 is 12.2 Å². The number of hydrogen-bond acceptors (Lipinski definition) is 8. The maximum Gasteiger partial charge on any atom is 0.451 e. The predicted octanol–water partition coefficient (Wildman–Crippen LogP) is 2.79. The molecular weight excluding hydrogens is 447 g/mol. The van der Waals surface area contributed by atoms with Crippen LogP contribution in [0.25, 0.3) is 10.2 Å². The Morgan fingerprint density at radius 2 is 2.09 bits per heavy atom. The summed E-state index contributed by atoms with van der Waals surface area (Å²) in [6, 6.07) is 2.19. The van der Waals surface area contributed by atoms with E-state index in [2.05, 4.69) is 32.4 Å². The third kappa shape index (κ3) is 4.61. The highest BCUT2D eigenvalue weighted by Crippen LogP contribution is 2.35. The van der Waals surface area contributed by atoms with Crippen LogP contribution in [0.3, 0.4) is 0 Å². The van der Waals surface area contributed by atoms with Gasteiger partial charge in [-0.2, -0.15) is 23.1 Å². The summed E-state index contributed by atoms with van der Waals surface area (Å²) in [5, 5.41) is 10.6. The van der Waals surface area contributed by atoms with Crippen molar-refractivity contribution in [1.82, 2.24) is 30.0 Å². The molecule has 1 N–H and O–H groups in total. The molecule has 0 bridgehead atoms. The smallest absolute Gasteiger partial charge is 0.451 e. The lowest BCUT2D eigenvalue weighted by Gasteiger charge is -2.29. The maximum atomic E-state index is 13.2. The number of aryl methyl sites for hydroxylation is 1. The molecule has 0 saturated carbocycles. The monoisotopic (exact) mass is 469 g/mol. The molecule has 3 aromatic rings. The van der Waals surface area contributed by atoms with Crippen LogP contribution in [0.2, 0.25) is 0 Å². The Morgan fingerprint density at radius 3 is 2.81 bits per heavy atom. The summed E-state index contributed by atoms with van der Waals surface area (Å²) in [6.07, 6.45) is -2.68. The third-order valence-corrected chi connectivity index (χ3v) is 6.00. The molecule has 0 atom stereocenters. The summed E-state index contributed by atoms with van der Waals surface area (Å²) in [4.78, 5) is 23.8. The lowest BCUT2D eigenvalue weighted by atomic mass is 10.2. The average Bonchev–Trinajstić information content (AvgIpc) is 3.33. The molecule has 1 amide bonds. The highest BCUT2D eigenvalue weighted by atomic mass is 32.1. The van der Waals surface area contributed by atoms with E-state index >= 15 is 0 Å². The maximum absolute atomic E-state index is 13.2. The van der Waals surface area contributed by atoms with Crippen molar-refractivity contribution in [3.8, 4) is 6.01 Å². The topological polar surface area (TPSA) is 98.1 Å². The fourth-order valence-electron chi connectivity index (χ4n) is 3.53. The van der Waals surface area contributed by atoms with E-state index in [-0.39, 0.29) is 37.4 Å². The summed E-state index contributed by atoms with van der Waals surface area (Å²) in [6.45, 7) is 4.55. The first kappa shape index (κ1) is 22.2. The molecule has 172 valence electrons. The first-order valence-electron chi connectivity index (χ1n) is 10.2.